The first-order valence-corrected chi connectivity index (χ1v) is 11.3. The summed E-state index contributed by atoms with van der Waals surface area (Å²) in [4.78, 5) is 26.8. The number of nitrogens with two attached hydrogens (primary N) is 1. The standard InChI is InChI=1S/C18H16F5N3O2.C6H13N/c19-14-9(2-1-3-10(14)15(20)21)7-25-16(28)11-8-26(13(27)6-12(11)24)18(4-5-18)17(22)23;1-6-3-4-7(2)5-6/h1-3,6,8,15,17H,4-5,7,24H2,(H,25,28);6H,3-5H2,1-2H3. The second-order valence-corrected chi connectivity index (χ2v) is 9.21. The van der Waals surface area contributed by atoms with Crippen LogP contribution in [0.5, 0.6) is 0 Å². The fraction of sp³-hybridized carbons (Fsp3) is 0.500. The van der Waals surface area contributed by atoms with Gasteiger partial charge in [0.25, 0.3) is 24.3 Å². The monoisotopic (exact) mass is 500 g/mol. The van der Waals surface area contributed by atoms with Crippen molar-refractivity contribution < 1.29 is 26.7 Å². The molecular formula is C24H29F5N4O2. The molecule has 1 amide bonds. The molecule has 0 spiro atoms. The number of anilines is 1. The molecule has 1 aliphatic carbocycles. The highest BCUT2D eigenvalue weighted by Crippen LogP contribution is 2.47. The number of halogens is 5. The van der Waals surface area contributed by atoms with Crippen LogP contribution in [0.2, 0.25) is 0 Å². The van der Waals surface area contributed by atoms with E-state index in [0.717, 1.165) is 28.8 Å². The topological polar surface area (TPSA) is 80.4 Å². The van der Waals surface area contributed by atoms with E-state index in [2.05, 4.69) is 24.2 Å². The molecule has 2 aliphatic rings. The summed E-state index contributed by atoms with van der Waals surface area (Å²) in [6, 6.07) is 4.25. The molecule has 6 nitrogen and oxygen atoms in total. The molecule has 1 aromatic carbocycles. The zero-order valence-electron chi connectivity index (χ0n) is 19.5. The van der Waals surface area contributed by atoms with Crippen molar-refractivity contribution in [1.29, 1.82) is 0 Å². The van der Waals surface area contributed by atoms with E-state index in [1.165, 1.54) is 31.6 Å². The number of likely N-dealkylation sites (tertiary alicyclic amines) is 1. The van der Waals surface area contributed by atoms with Gasteiger partial charge in [-0.05, 0) is 38.8 Å². The maximum absolute atomic E-state index is 14.0. The summed E-state index contributed by atoms with van der Waals surface area (Å²) < 4.78 is 66.9. The number of benzene rings is 1. The minimum Gasteiger partial charge on any atom is -0.398 e. The van der Waals surface area contributed by atoms with Gasteiger partial charge in [-0.15, -0.1) is 0 Å². The summed E-state index contributed by atoms with van der Waals surface area (Å²) in [5, 5.41) is 2.30. The van der Waals surface area contributed by atoms with Crippen molar-refractivity contribution in [2.75, 3.05) is 25.9 Å². The molecule has 0 bridgehead atoms. The molecule has 192 valence electrons. The third kappa shape index (κ3) is 6.01. The summed E-state index contributed by atoms with van der Waals surface area (Å²) in [5.74, 6) is -1.05. The lowest BCUT2D eigenvalue weighted by Crippen LogP contribution is -2.37. The largest absolute Gasteiger partial charge is 0.398 e. The first-order chi connectivity index (χ1) is 16.5. The highest BCUT2D eigenvalue weighted by atomic mass is 19.3. The molecule has 3 N–H and O–H groups in total. The number of nitrogens with one attached hydrogen (secondary N) is 1. The van der Waals surface area contributed by atoms with Crippen molar-refractivity contribution in [3.05, 3.63) is 63.3 Å². The summed E-state index contributed by atoms with van der Waals surface area (Å²) in [5.41, 5.74) is 1.80. The fourth-order valence-electron chi connectivity index (χ4n) is 4.11. The number of pyridine rings is 1. The number of nitrogens with zero attached hydrogens (tertiary/aromatic N) is 2. The van der Waals surface area contributed by atoms with Gasteiger partial charge in [0.05, 0.1) is 16.8 Å². The normalized spacial score (nSPS) is 18.9. The molecule has 2 fully saturated rings. The van der Waals surface area contributed by atoms with E-state index in [1.54, 1.807) is 0 Å². The Balaban J connectivity index is 0.000000420. The maximum atomic E-state index is 14.0. The van der Waals surface area contributed by atoms with Crippen LogP contribution in [-0.2, 0) is 12.1 Å². The molecule has 1 unspecified atom stereocenters. The van der Waals surface area contributed by atoms with Gasteiger partial charge in [0, 0.05) is 30.9 Å². The minimum atomic E-state index is -3.01. The van der Waals surface area contributed by atoms with E-state index in [-0.39, 0.29) is 29.7 Å². The van der Waals surface area contributed by atoms with Crippen molar-refractivity contribution in [3.8, 4) is 0 Å². The number of alkyl halides is 4. The van der Waals surface area contributed by atoms with Crippen molar-refractivity contribution in [2.24, 2.45) is 5.92 Å². The average molecular weight is 501 g/mol. The van der Waals surface area contributed by atoms with Gasteiger partial charge < -0.3 is 20.5 Å². The van der Waals surface area contributed by atoms with Crippen molar-refractivity contribution in [1.82, 2.24) is 14.8 Å². The number of carbonyl (C=O) groups is 1. The van der Waals surface area contributed by atoms with Gasteiger partial charge in [-0.1, -0.05) is 25.1 Å². The first-order valence-electron chi connectivity index (χ1n) is 11.3. The molecule has 1 atom stereocenters. The smallest absolute Gasteiger partial charge is 0.266 e. The highest BCUT2D eigenvalue weighted by molar-refractivity contribution is 5.98. The van der Waals surface area contributed by atoms with E-state index in [9.17, 15) is 31.5 Å². The van der Waals surface area contributed by atoms with Crippen LogP contribution >= 0.6 is 0 Å². The number of nitrogen functional groups attached to an aromatic ring is 1. The SMILES string of the molecule is CC1CCN(C)C1.Nc1cc(=O)n(C2(C(F)F)CC2)cc1C(=O)NCc1cccc(C(F)F)c1F. The molecular weight excluding hydrogens is 471 g/mol. The van der Waals surface area contributed by atoms with Crippen LogP contribution in [0.4, 0.5) is 27.6 Å². The molecule has 1 aliphatic heterocycles. The molecule has 35 heavy (non-hydrogen) atoms. The highest BCUT2D eigenvalue weighted by Gasteiger charge is 2.53. The van der Waals surface area contributed by atoms with Crippen molar-refractivity contribution in [3.63, 3.8) is 0 Å². The second-order valence-electron chi connectivity index (χ2n) is 9.21. The second kappa shape index (κ2) is 10.8. The van der Waals surface area contributed by atoms with Gasteiger partial charge in [0.1, 0.15) is 11.4 Å². The Bertz CT molecular complexity index is 1110. The van der Waals surface area contributed by atoms with Crippen LogP contribution in [0.15, 0.2) is 35.3 Å². The molecule has 0 radical (unpaired) electrons. The van der Waals surface area contributed by atoms with Crippen LogP contribution in [0.25, 0.3) is 0 Å². The van der Waals surface area contributed by atoms with Crippen LogP contribution < -0.4 is 16.6 Å². The quantitative estimate of drug-likeness (QED) is 0.584. The Kier molecular flexibility index (Phi) is 8.19. The zero-order valence-corrected chi connectivity index (χ0v) is 19.5. The maximum Gasteiger partial charge on any atom is 0.266 e. The van der Waals surface area contributed by atoms with Crippen LogP contribution in [0.1, 0.15) is 54.1 Å². The molecule has 2 aromatic rings. The van der Waals surface area contributed by atoms with Gasteiger partial charge in [-0.2, -0.15) is 0 Å². The van der Waals surface area contributed by atoms with Gasteiger partial charge in [-0.3, -0.25) is 9.59 Å². The molecule has 11 heteroatoms. The van der Waals surface area contributed by atoms with E-state index in [1.807, 2.05) is 0 Å². The summed E-state index contributed by atoms with van der Waals surface area (Å²) in [6.07, 6.45) is -3.29. The van der Waals surface area contributed by atoms with Gasteiger partial charge in [-0.25, -0.2) is 22.0 Å². The van der Waals surface area contributed by atoms with Crippen molar-refractivity contribution in [2.45, 2.75) is 51.1 Å². The number of carbonyl (C=O) groups excluding carboxylic acids is 1. The Morgan fingerprint density at radius 1 is 1.26 bits per heavy atom. The number of rotatable bonds is 6. The van der Waals surface area contributed by atoms with Gasteiger partial charge in [0.2, 0.25) is 0 Å². The summed E-state index contributed by atoms with van der Waals surface area (Å²) in [6.45, 7) is 4.49. The van der Waals surface area contributed by atoms with E-state index >= 15 is 0 Å². The van der Waals surface area contributed by atoms with Crippen LogP contribution in [0.3, 0.4) is 0 Å². The lowest BCUT2D eigenvalue weighted by atomic mass is 10.1. The Morgan fingerprint density at radius 2 is 1.94 bits per heavy atom. The number of hydrogen-bond acceptors (Lipinski definition) is 4. The Labute approximate surface area is 199 Å². The van der Waals surface area contributed by atoms with Gasteiger partial charge in [0.15, 0.2) is 0 Å². The molecule has 1 saturated carbocycles. The van der Waals surface area contributed by atoms with Crippen LogP contribution in [0, 0.1) is 11.7 Å². The molecule has 4 rings (SSSR count). The average Bonchev–Trinajstić information content (AvgIpc) is 3.51. The number of aromatic nitrogens is 1. The summed E-state index contributed by atoms with van der Waals surface area (Å²) in [7, 11) is 2.18. The lowest BCUT2D eigenvalue weighted by molar-refractivity contribution is 0.0648. The third-order valence-electron chi connectivity index (χ3n) is 6.39. The predicted molar refractivity (Wildman–Crippen MR) is 122 cm³/mol. The van der Waals surface area contributed by atoms with Crippen LogP contribution in [-0.4, -0.2) is 41.9 Å². The minimum absolute atomic E-state index is 0.0845. The fourth-order valence-corrected chi connectivity index (χ4v) is 4.11. The predicted octanol–water partition coefficient (Wildman–Crippen LogP) is 4.15. The third-order valence-corrected chi connectivity index (χ3v) is 6.39. The van der Waals surface area contributed by atoms with E-state index in [0.29, 0.717) is 0 Å². The Morgan fingerprint density at radius 3 is 2.43 bits per heavy atom. The number of amides is 1. The molecule has 1 saturated heterocycles. The molecule has 2 heterocycles. The summed E-state index contributed by atoms with van der Waals surface area (Å²) >= 11 is 0. The van der Waals surface area contributed by atoms with Gasteiger partial charge >= 0.3 is 0 Å². The first kappa shape index (κ1) is 26.7. The van der Waals surface area contributed by atoms with Crippen molar-refractivity contribution >= 4 is 11.6 Å². The van der Waals surface area contributed by atoms with E-state index < -0.39 is 47.8 Å². The van der Waals surface area contributed by atoms with E-state index in [4.69, 9.17) is 5.73 Å². The lowest BCUT2D eigenvalue weighted by Gasteiger charge is -2.19. The zero-order chi connectivity index (χ0) is 25.9. The number of hydrogen-bond donors (Lipinski definition) is 2. The Hall–Kier alpha value is -2.95. The molecule has 1 aromatic heterocycles.